The molecule has 0 aromatic rings. The van der Waals surface area contributed by atoms with E-state index in [4.69, 9.17) is 4.74 Å². The predicted octanol–water partition coefficient (Wildman–Crippen LogP) is 1.06. The summed E-state index contributed by atoms with van der Waals surface area (Å²) in [6.45, 7) is 7.65. The molecule has 1 heterocycles. The highest BCUT2D eigenvalue weighted by molar-refractivity contribution is 6.03. The lowest BCUT2D eigenvalue weighted by atomic mass is 9.52. The minimum Gasteiger partial charge on any atom is -0.390 e. The van der Waals surface area contributed by atoms with Gasteiger partial charge in [0.1, 0.15) is 6.10 Å². The molecular formula is C15H22O4. The molecule has 2 aliphatic carbocycles. The standard InChI is InChI=1S/C15H22O4/c1-7-5-8(16)6-9-10(17)11-12(19-11)13(14(2,3)18)15(7,9)4/h6-8,11-13,16,18H,5H2,1-4H3/t7-,8-,11-,12-,13+,15+/m1/s1. The number of Topliss-reactive ketones (excluding diaryl/α,β-unsaturated/α-hetero) is 1. The van der Waals surface area contributed by atoms with Gasteiger partial charge in [0.2, 0.25) is 0 Å². The molecule has 0 bridgehead atoms. The molecule has 0 aromatic carbocycles. The number of hydrogen-bond donors (Lipinski definition) is 2. The quantitative estimate of drug-likeness (QED) is 0.696. The zero-order valence-corrected chi connectivity index (χ0v) is 11.9. The van der Waals surface area contributed by atoms with E-state index in [1.807, 2.05) is 13.8 Å². The topological polar surface area (TPSA) is 70.1 Å². The summed E-state index contributed by atoms with van der Waals surface area (Å²) in [5, 5.41) is 20.4. The van der Waals surface area contributed by atoms with Crippen molar-refractivity contribution < 1.29 is 19.7 Å². The number of hydrogen-bond acceptors (Lipinski definition) is 4. The third kappa shape index (κ3) is 1.66. The minimum absolute atomic E-state index is 0.00130. The van der Waals surface area contributed by atoms with E-state index in [0.717, 1.165) is 0 Å². The fraction of sp³-hybridized carbons (Fsp3) is 0.800. The summed E-state index contributed by atoms with van der Waals surface area (Å²) in [5.74, 6) is 0.0167. The number of ketones is 1. The molecular weight excluding hydrogens is 244 g/mol. The van der Waals surface area contributed by atoms with Crippen molar-refractivity contribution in [3.8, 4) is 0 Å². The molecule has 0 amide bonds. The van der Waals surface area contributed by atoms with Gasteiger partial charge in [-0.05, 0) is 32.3 Å². The molecule has 4 heteroatoms. The molecule has 0 aromatic heterocycles. The number of rotatable bonds is 1. The van der Waals surface area contributed by atoms with Crippen LogP contribution in [0, 0.1) is 17.3 Å². The van der Waals surface area contributed by atoms with E-state index in [1.54, 1.807) is 19.9 Å². The van der Waals surface area contributed by atoms with E-state index in [-0.39, 0.29) is 23.7 Å². The van der Waals surface area contributed by atoms with Crippen molar-refractivity contribution in [3.63, 3.8) is 0 Å². The van der Waals surface area contributed by atoms with E-state index in [2.05, 4.69) is 0 Å². The van der Waals surface area contributed by atoms with Crippen LogP contribution in [0.25, 0.3) is 0 Å². The number of fused-ring (bicyclic) bond motifs is 2. The van der Waals surface area contributed by atoms with Crippen molar-refractivity contribution >= 4 is 5.78 Å². The van der Waals surface area contributed by atoms with Gasteiger partial charge in [0.25, 0.3) is 0 Å². The molecule has 0 radical (unpaired) electrons. The van der Waals surface area contributed by atoms with E-state index in [9.17, 15) is 15.0 Å². The lowest BCUT2D eigenvalue weighted by Gasteiger charge is -2.52. The van der Waals surface area contributed by atoms with E-state index < -0.39 is 23.2 Å². The van der Waals surface area contributed by atoms with Crippen LogP contribution in [-0.4, -0.2) is 39.9 Å². The fourth-order valence-electron chi connectivity index (χ4n) is 4.35. The normalized spacial score (nSPS) is 49.3. The molecule has 0 unspecified atom stereocenters. The maximum absolute atomic E-state index is 12.4. The smallest absolute Gasteiger partial charge is 0.190 e. The average Bonchev–Trinajstić information content (AvgIpc) is 3.00. The molecule has 1 saturated carbocycles. The van der Waals surface area contributed by atoms with Crippen LogP contribution in [0.2, 0.25) is 0 Å². The Hall–Kier alpha value is -0.710. The van der Waals surface area contributed by atoms with Crippen LogP contribution in [0.5, 0.6) is 0 Å². The molecule has 2 fully saturated rings. The molecule has 4 nitrogen and oxygen atoms in total. The van der Waals surface area contributed by atoms with Gasteiger partial charge < -0.3 is 14.9 Å². The Balaban J connectivity index is 2.14. The van der Waals surface area contributed by atoms with Crippen molar-refractivity contribution in [2.24, 2.45) is 17.3 Å². The Labute approximate surface area is 113 Å². The summed E-state index contributed by atoms with van der Waals surface area (Å²) in [6.07, 6.45) is 1.15. The molecule has 1 aliphatic heterocycles. The van der Waals surface area contributed by atoms with Gasteiger partial charge in [-0.1, -0.05) is 13.8 Å². The van der Waals surface area contributed by atoms with Crippen LogP contribution in [-0.2, 0) is 9.53 Å². The number of epoxide rings is 1. The molecule has 1 saturated heterocycles. The first-order chi connectivity index (χ1) is 8.67. The van der Waals surface area contributed by atoms with Crippen LogP contribution in [0.4, 0.5) is 0 Å². The first-order valence-corrected chi connectivity index (χ1v) is 6.99. The fourth-order valence-corrected chi connectivity index (χ4v) is 4.35. The highest BCUT2D eigenvalue weighted by Crippen LogP contribution is 2.60. The Morgan fingerprint density at radius 1 is 1.47 bits per heavy atom. The summed E-state index contributed by atoms with van der Waals surface area (Å²) in [4.78, 5) is 12.4. The Morgan fingerprint density at radius 2 is 2.11 bits per heavy atom. The summed E-state index contributed by atoms with van der Waals surface area (Å²) in [6, 6.07) is 0. The Kier molecular flexibility index (Phi) is 2.58. The zero-order chi connectivity index (χ0) is 14.2. The molecule has 2 N–H and O–H groups in total. The van der Waals surface area contributed by atoms with Gasteiger partial charge in [0.05, 0.1) is 17.8 Å². The first kappa shape index (κ1) is 13.3. The van der Waals surface area contributed by atoms with Gasteiger partial charge >= 0.3 is 0 Å². The Bertz CT molecular complexity index is 461. The maximum Gasteiger partial charge on any atom is 0.190 e. The minimum atomic E-state index is -0.912. The summed E-state index contributed by atoms with van der Waals surface area (Å²) in [5.41, 5.74) is -0.680. The van der Waals surface area contributed by atoms with Crippen molar-refractivity contribution in [1.29, 1.82) is 0 Å². The van der Waals surface area contributed by atoms with Crippen LogP contribution in [0.1, 0.15) is 34.1 Å². The predicted molar refractivity (Wildman–Crippen MR) is 69.4 cm³/mol. The number of ether oxygens (including phenoxy) is 1. The second-order valence-electron chi connectivity index (χ2n) is 7.08. The Morgan fingerprint density at radius 3 is 2.68 bits per heavy atom. The monoisotopic (exact) mass is 266 g/mol. The summed E-state index contributed by atoms with van der Waals surface area (Å²) >= 11 is 0. The van der Waals surface area contributed by atoms with Gasteiger partial charge in [0, 0.05) is 16.9 Å². The second kappa shape index (κ2) is 3.68. The van der Waals surface area contributed by atoms with Gasteiger partial charge in [-0.25, -0.2) is 0 Å². The zero-order valence-electron chi connectivity index (χ0n) is 11.9. The van der Waals surface area contributed by atoms with Crippen LogP contribution in [0.3, 0.4) is 0 Å². The van der Waals surface area contributed by atoms with Crippen LogP contribution >= 0.6 is 0 Å². The third-order valence-electron chi connectivity index (χ3n) is 5.34. The van der Waals surface area contributed by atoms with Gasteiger partial charge in [-0.2, -0.15) is 0 Å². The van der Waals surface area contributed by atoms with E-state index in [1.165, 1.54) is 0 Å². The summed E-state index contributed by atoms with van der Waals surface area (Å²) in [7, 11) is 0. The maximum atomic E-state index is 12.4. The first-order valence-electron chi connectivity index (χ1n) is 6.99. The lowest BCUT2D eigenvalue weighted by molar-refractivity contribution is -0.124. The van der Waals surface area contributed by atoms with Crippen molar-refractivity contribution in [3.05, 3.63) is 11.6 Å². The summed E-state index contributed by atoms with van der Waals surface area (Å²) < 4.78 is 5.54. The lowest BCUT2D eigenvalue weighted by Crippen LogP contribution is -2.56. The molecule has 3 rings (SSSR count). The average molecular weight is 266 g/mol. The molecule has 3 aliphatic rings. The highest BCUT2D eigenvalue weighted by Gasteiger charge is 2.68. The second-order valence-corrected chi connectivity index (χ2v) is 7.08. The number of carbonyl (C=O) groups is 1. The number of aliphatic hydroxyl groups excluding tert-OH is 1. The van der Waals surface area contributed by atoms with Gasteiger partial charge in [-0.3, -0.25) is 4.79 Å². The number of carbonyl (C=O) groups excluding carboxylic acids is 1. The van der Waals surface area contributed by atoms with Gasteiger partial charge in [0.15, 0.2) is 5.78 Å². The third-order valence-corrected chi connectivity index (χ3v) is 5.34. The van der Waals surface area contributed by atoms with Crippen molar-refractivity contribution in [2.75, 3.05) is 0 Å². The van der Waals surface area contributed by atoms with Crippen LogP contribution in [0.15, 0.2) is 11.6 Å². The van der Waals surface area contributed by atoms with Crippen molar-refractivity contribution in [2.45, 2.75) is 58.0 Å². The molecule has 6 atom stereocenters. The largest absolute Gasteiger partial charge is 0.390 e. The van der Waals surface area contributed by atoms with E-state index >= 15 is 0 Å². The molecule has 0 spiro atoms. The van der Waals surface area contributed by atoms with Crippen molar-refractivity contribution in [1.82, 2.24) is 0 Å². The SMILES string of the molecule is C[C@@H]1C[C@@H](O)C=C2C(=O)[C@H]3O[C@H]3[C@@H](C(C)(C)O)[C@]21C. The number of aliphatic hydroxyl groups is 2. The molecule has 19 heavy (non-hydrogen) atoms. The van der Waals surface area contributed by atoms with Crippen LogP contribution < -0.4 is 0 Å². The van der Waals surface area contributed by atoms with E-state index in [0.29, 0.717) is 12.0 Å². The molecule has 106 valence electrons. The van der Waals surface area contributed by atoms with Gasteiger partial charge in [-0.15, -0.1) is 0 Å². The highest BCUT2D eigenvalue weighted by atomic mass is 16.6.